The van der Waals surface area contributed by atoms with Crippen LogP contribution in [0.5, 0.6) is 0 Å². The first-order valence-electron chi connectivity index (χ1n) is 22.0. The normalized spacial score (nSPS) is 15.8. The molecule has 0 fully saturated rings. The quantitative estimate of drug-likeness (QED) is 0.169. The Morgan fingerprint density at radius 1 is 0.345 bits per heavy atom. The Hall–Kier alpha value is -7.62. The number of anilines is 6. The van der Waals surface area contributed by atoms with Crippen LogP contribution in [0.1, 0.15) is 29.1 Å². The van der Waals surface area contributed by atoms with E-state index in [0.717, 1.165) is 66.8 Å². The van der Waals surface area contributed by atoms with Crippen molar-refractivity contribution in [3.63, 3.8) is 0 Å². The van der Waals surface area contributed by atoms with Gasteiger partial charge in [0.2, 0.25) is 0 Å². The average Bonchev–Trinajstić information content (AvgIpc) is 3.96. The molecule has 0 bridgehead atoms. The van der Waals surface area contributed by atoms with Gasteiger partial charge in [-0.15, -0.1) is 0 Å². The molecule has 10 aromatic rings. The molecule has 12 rings (SSSR count). The second-order valence-electron chi connectivity index (χ2n) is 14.9. The molecule has 272 valence electrons. The molecule has 1 unspecified atom stereocenters. The summed E-state index contributed by atoms with van der Waals surface area (Å²) in [5.74, 6) is 0. The topological polar surface area (TPSA) is 19.6 Å². The van der Waals surface area contributed by atoms with Gasteiger partial charge in [0.05, 0.1) is 12.3 Å². The van der Waals surface area contributed by atoms with Gasteiger partial charge in [-0.2, -0.15) is 0 Å². The maximum Gasteiger partial charge on any atom is 0.135 e. The zero-order chi connectivity index (χ0) is 42.6. The predicted octanol–water partition coefficient (Wildman–Crippen LogP) is 14.9. The summed E-state index contributed by atoms with van der Waals surface area (Å²) in [6.07, 6.45) is 0. The summed E-state index contributed by atoms with van der Waals surface area (Å²) in [6, 6.07) is 63.4. The van der Waals surface area contributed by atoms with Gasteiger partial charge in [-0.25, -0.2) is 0 Å². The second-order valence-corrected chi connectivity index (χ2v) is 14.9. The molecule has 0 N–H and O–H groups in total. The summed E-state index contributed by atoms with van der Waals surface area (Å²) < 4.78 is 49.9. The van der Waals surface area contributed by atoms with E-state index in [1.54, 1.807) is 4.90 Å². The van der Waals surface area contributed by atoms with Gasteiger partial charge in [-0.05, 0) is 129 Å². The molecule has 1 heterocycles. The van der Waals surface area contributed by atoms with Crippen molar-refractivity contribution in [2.75, 3.05) is 9.80 Å². The van der Waals surface area contributed by atoms with Crippen LogP contribution in [0.25, 0.3) is 44.2 Å². The Labute approximate surface area is 344 Å². The number of rotatable bonds is 6. The predicted molar refractivity (Wildman–Crippen MR) is 239 cm³/mol. The molecule has 0 saturated carbocycles. The van der Waals surface area contributed by atoms with Gasteiger partial charge in [0.1, 0.15) is 11.2 Å². The minimum Gasteiger partial charge on any atom is -0.456 e. The second kappa shape index (κ2) is 12.7. The van der Waals surface area contributed by atoms with Gasteiger partial charge in [-0.1, -0.05) is 133 Å². The number of para-hydroxylation sites is 4. The number of fused-ring (bicyclic) bond motifs is 13. The monoisotopic (exact) mass is 745 g/mol. The van der Waals surface area contributed by atoms with Crippen molar-refractivity contribution in [2.24, 2.45) is 0 Å². The number of benzene rings is 9. The zero-order valence-corrected chi connectivity index (χ0v) is 31.2. The van der Waals surface area contributed by atoms with Gasteiger partial charge >= 0.3 is 0 Å². The minimum atomic E-state index is -0.687. The molecule has 1 atom stereocenters. The maximum absolute atomic E-state index is 9.05. The van der Waals surface area contributed by atoms with E-state index in [0.29, 0.717) is 11.4 Å². The molecule has 58 heavy (non-hydrogen) atoms. The Kier molecular flexibility index (Phi) is 6.11. The lowest BCUT2D eigenvalue weighted by Crippen LogP contribution is -2.26. The number of nitrogens with zero attached hydrogens (tertiary/aromatic N) is 2. The fourth-order valence-corrected chi connectivity index (χ4v) is 9.62. The minimum absolute atomic E-state index is 0.0944. The van der Waals surface area contributed by atoms with Crippen molar-refractivity contribution in [1.29, 1.82) is 0 Å². The first kappa shape index (κ1) is 27.9. The lowest BCUT2D eigenvalue weighted by atomic mass is 9.70. The summed E-state index contributed by atoms with van der Waals surface area (Å²) in [6.45, 7) is 0. The van der Waals surface area contributed by atoms with Gasteiger partial charge in [0, 0.05) is 44.9 Å². The van der Waals surface area contributed by atoms with Crippen molar-refractivity contribution in [3.8, 4) is 22.3 Å². The van der Waals surface area contributed by atoms with Crippen LogP contribution in [-0.2, 0) is 5.41 Å². The Morgan fingerprint density at radius 3 is 1.60 bits per heavy atom. The van der Waals surface area contributed by atoms with E-state index in [2.05, 4.69) is 132 Å². The van der Waals surface area contributed by atoms with Crippen molar-refractivity contribution >= 4 is 56.1 Å². The van der Waals surface area contributed by atoms with E-state index in [-0.39, 0.29) is 29.9 Å². The van der Waals surface area contributed by atoms with E-state index in [4.69, 9.17) is 11.3 Å². The molecular weight excluding hydrogens is 705 g/mol. The van der Waals surface area contributed by atoms with Crippen LogP contribution < -0.4 is 9.80 Å². The van der Waals surface area contributed by atoms with Crippen molar-refractivity contribution < 1.29 is 11.3 Å². The summed E-state index contributed by atoms with van der Waals surface area (Å²) in [5.41, 5.74) is 14.6. The molecule has 2 aliphatic carbocycles. The highest BCUT2D eigenvalue weighted by Crippen LogP contribution is 2.64. The molecule has 3 nitrogen and oxygen atoms in total. The lowest BCUT2D eigenvalue weighted by Gasteiger charge is -2.32. The fourth-order valence-electron chi connectivity index (χ4n) is 9.62. The Morgan fingerprint density at radius 2 is 0.862 bits per heavy atom. The molecule has 0 saturated heterocycles. The van der Waals surface area contributed by atoms with Gasteiger partial charge < -0.3 is 14.2 Å². The Bertz CT molecular complexity index is 3470. The molecular formula is C55H36N2O. The van der Waals surface area contributed by atoms with Crippen LogP contribution in [0.4, 0.5) is 34.1 Å². The van der Waals surface area contributed by atoms with Crippen LogP contribution in [0.3, 0.4) is 0 Å². The standard InChI is InChI=1S/C55H36N2O/c1-4-16-37(17-5-1)56(38-18-6-2-7-19-38)40-29-32-51-47(34-40)44-23-11-14-26-50(44)55(51)49-25-13-10-22-43(49)45-31-28-42(36-52(45)55)57(39-20-8-3-9-21-39)41-30-33-54-48(35-41)46-24-12-15-27-53(46)58-54/h1-36H/i1D,4D,5D,16D,17D. The highest BCUT2D eigenvalue weighted by atomic mass is 16.3. The van der Waals surface area contributed by atoms with Crippen molar-refractivity contribution in [2.45, 2.75) is 5.41 Å². The van der Waals surface area contributed by atoms with Crippen LogP contribution in [-0.4, -0.2) is 0 Å². The third-order valence-electron chi connectivity index (χ3n) is 11.9. The smallest absolute Gasteiger partial charge is 0.135 e. The summed E-state index contributed by atoms with van der Waals surface area (Å²) >= 11 is 0. The molecule has 0 radical (unpaired) electrons. The highest BCUT2D eigenvalue weighted by Gasteiger charge is 2.52. The third-order valence-corrected chi connectivity index (χ3v) is 11.9. The number of furan rings is 1. The first-order valence-corrected chi connectivity index (χ1v) is 19.5. The number of hydrogen-bond donors (Lipinski definition) is 0. The molecule has 3 heteroatoms. The summed E-state index contributed by atoms with van der Waals surface area (Å²) in [5, 5.41) is 2.12. The van der Waals surface area contributed by atoms with E-state index in [1.807, 2.05) is 60.7 Å². The SMILES string of the molecule is [2H]c1c([2H])c([2H])c(N(c2ccccc2)c2ccc3c(c2)-c2ccccc2C32c3ccccc3-c3ccc(N(c4ccccc4)c4ccc5oc6ccccc6c5c4)cc32)c([2H])c1[2H]. The van der Waals surface area contributed by atoms with Gasteiger partial charge in [0.15, 0.2) is 0 Å². The zero-order valence-electron chi connectivity index (χ0n) is 36.2. The van der Waals surface area contributed by atoms with E-state index < -0.39 is 11.5 Å². The van der Waals surface area contributed by atoms with E-state index in [1.165, 1.54) is 16.7 Å². The van der Waals surface area contributed by atoms with Crippen LogP contribution in [0.2, 0.25) is 0 Å². The van der Waals surface area contributed by atoms with Crippen LogP contribution in [0, 0.1) is 0 Å². The van der Waals surface area contributed by atoms with Crippen LogP contribution >= 0.6 is 0 Å². The molecule has 1 aromatic heterocycles. The molecule has 0 aliphatic heterocycles. The molecule has 9 aromatic carbocycles. The average molecular weight is 746 g/mol. The van der Waals surface area contributed by atoms with Gasteiger partial charge in [-0.3, -0.25) is 0 Å². The highest BCUT2D eigenvalue weighted by molar-refractivity contribution is 6.07. The Balaban J connectivity index is 1.10. The number of hydrogen-bond acceptors (Lipinski definition) is 3. The van der Waals surface area contributed by atoms with Crippen LogP contribution in [0.15, 0.2) is 223 Å². The van der Waals surface area contributed by atoms with E-state index in [9.17, 15) is 0 Å². The first-order chi connectivity index (χ1) is 30.8. The van der Waals surface area contributed by atoms with Crippen molar-refractivity contribution in [3.05, 3.63) is 241 Å². The van der Waals surface area contributed by atoms with Gasteiger partial charge in [0.25, 0.3) is 0 Å². The van der Waals surface area contributed by atoms with E-state index >= 15 is 0 Å². The maximum atomic E-state index is 9.05. The molecule has 2 aliphatic rings. The summed E-state index contributed by atoms with van der Waals surface area (Å²) in [7, 11) is 0. The largest absolute Gasteiger partial charge is 0.456 e. The summed E-state index contributed by atoms with van der Waals surface area (Å²) in [4.78, 5) is 4.11. The van der Waals surface area contributed by atoms with Crippen molar-refractivity contribution in [1.82, 2.24) is 0 Å². The molecule has 0 amide bonds. The fraction of sp³-hybridized carbons (Fsp3) is 0.0182. The third kappa shape index (κ3) is 4.68. The molecule has 1 spiro atoms. The lowest BCUT2D eigenvalue weighted by molar-refractivity contribution is 0.669.